The average Bonchev–Trinajstić information content (AvgIpc) is 3.13. The number of thioether (sulfide) groups is 1. The van der Waals surface area contributed by atoms with Crippen LogP contribution in [0, 0.1) is 0 Å². The number of furan rings is 1. The highest BCUT2D eigenvalue weighted by molar-refractivity contribution is 7.98. The second-order valence-corrected chi connectivity index (χ2v) is 6.59. The average molecular weight is 337 g/mol. The largest absolute Gasteiger partial charge is 0.467 e. The molecule has 3 nitrogen and oxygen atoms in total. The number of hydrogen-bond donors (Lipinski definition) is 0. The molecule has 0 aliphatic heterocycles. The van der Waals surface area contributed by atoms with Crippen LogP contribution in [0.1, 0.15) is 21.7 Å². The first-order chi connectivity index (χ1) is 11.7. The highest BCUT2D eigenvalue weighted by atomic mass is 32.2. The van der Waals surface area contributed by atoms with Gasteiger partial charge in [-0.05, 0) is 42.0 Å². The maximum atomic E-state index is 12.4. The van der Waals surface area contributed by atoms with Gasteiger partial charge >= 0.3 is 0 Å². The number of carbonyl (C=O) groups excluding carboxylic acids is 1. The number of rotatable bonds is 6. The molecule has 0 saturated heterocycles. The van der Waals surface area contributed by atoms with Gasteiger partial charge in [0.25, 0.3) is 5.91 Å². The summed E-state index contributed by atoms with van der Waals surface area (Å²) in [6, 6.07) is 21.8. The van der Waals surface area contributed by atoms with Gasteiger partial charge in [0.15, 0.2) is 0 Å². The van der Waals surface area contributed by atoms with E-state index in [2.05, 4.69) is 12.1 Å². The fourth-order valence-electron chi connectivity index (χ4n) is 2.36. The van der Waals surface area contributed by atoms with Gasteiger partial charge in [0.1, 0.15) is 5.76 Å². The molecule has 1 amide bonds. The van der Waals surface area contributed by atoms with Crippen molar-refractivity contribution in [3.05, 3.63) is 89.9 Å². The minimum absolute atomic E-state index is 0.00587. The van der Waals surface area contributed by atoms with Gasteiger partial charge in [-0.25, -0.2) is 0 Å². The summed E-state index contributed by atoms with van der Waals surface area (Å²) < 4.78 is 5.29. The molecule has 0 bridgehead atoms. The van der Waals surface area contributed by atoms with Crippen LogP contribution in [0.5, 0.6) is 0 Å². The second-order valence-electron chi connectivity index (χ2n) is 5.54. The predicted octanol–water partition coefficient (Wildman–Crippen LogP) is 4.84. The van der Waals surface area contributed by atoms with Crippen LogP contribution in [-0.2, 0) is 12.3 Å². The Balaban J connectivity index is 1.58. The summed E-state index contributed by atoms with van der Waals surface area (Å²) >= 11 is 1.79. The molecule has 0 fully saturated rings. The molecule has 0 saturated carbocycles. The number of amides is 1. The molecule has 4 heteroatoms. The lowest BCUT2D eigenvalue weighted by molar-refractivity contribution is 0.0775. The number of benzene rings is 2. The first-order valence-corrected chi connectivity index (χ1v) is 8.75. The second kappa shape index (κ2) is 7.88. The standard InChI is InChI=1S/C20H19NO2S/c1-21(14-18-6-5-13-23-18)20(22)17-11-9-16(10-12-17)15-24-19-7-3-2-4-8-19/h2-13H,14-15H2,1H3. The Morgan fingerprint density at radius 1 is 1.00 bits per heavy atom. The zero-order valence-corrected chi connectivity index (χ0v) is 14.3. The smallest absolute Gasteiger partial charge is 0.254 e. The molecule has 0 aliphatic carbocycles. The number of hydrogen-bond acceptors (Lipinski definition) is 3. The SMILES string of the molecule is CN(Cc1ccco1)C(=O)c1ccc(CSc2ccccc2)cc1. The molecular formula is C20H19NO2S. The third kappa shape index (κ3) is 4.30. The van der Waals surface area contributed by atoms with Crippen LogP contribution in [0.3, 0.4) is 0 Å². The lowest BCUT2D eigenvalue weighted by atomic mass is 10.1. The molecule has 0 N–H and O–H groups in total. The Bertz CT molecular complexity index is 767. The minimum atomic E-state index is -0.00587. The summed E-state index contributed by atoms with van der Waals surface area (Å²) in [6.07, 6.45) is 1.62. The van der Waals surface area contributed by atoms with Gasteiger partial charge in [0.05, 0.1) is 12.8 Å². The van der Waals surface area contributed by atoms with Crippen LogP contribution >= 0.6 is 11.8 Å². The van der Waals surface area contributed by atoms with E-state index in [0.29, 0.717) is 12.1 Å². The van der Waals surface area contributed by atoms with Gasteiger partial charge in [-0.3, -0.25) is 4.79 Å². The van der Waals surface area contributed by atoms with E-state index in [1.807, 2.05) is 54.6 Å². The molecule has 0 unspecified atom stereocenters. The van der Waals surface area contributed by atoms with E-state index >= 15 is 0 Å². The molecule has 0 spiro atoms. The van der Waals surface area contributed by atoms with Gasteiger partial charge in [-0.15, -0.1) is 11.8 Å². The maximum Gasteiger partial charge on any atom is 0.254 e. The molecule has 0 radical (unpaired) electrons. The predicted molar refractivity (Wildman–Crippen MR) is 97.0 cm³/mol. The molecule has 0 aliphatic rings. The monoisotopic (exact) mass is 337 g/mol. The third-order valence-corrected chi connectivity index (χ3v) is 4.75. The molecular weight excluding hydrogens is 318 g/mol. The van der Waals surface area contributed by atoms with E-state index in [1.165, 1.54) is 10.5 Å². The number of carbonyl (C=O) groups is 1. The van der Waals surface area contributed by atoms with E-state index in [-0.39, 0.29) is 5.91 Å². The summed E-state index contributed by atoms with van der Waals surface area (Å²) in [5.74, 6) is 1.66. The van der Waals surface area contributed by atoms with Crippen LogP contribution in [0.25, 0.3) is 0 Å². The highest BCUT2D eigenvalue weighted by Gasteiger charge is 2.13. The summed E-state index contributed by atoms with van der Waals surface area (Å²) in [5, 5.41) is 0. The third-order valence-electron chi connectivity index (χ3n) is 3.67. The van der Waals surface area contributed by atoms with Crippen molar-refractivity contribution in [3.8, 4) is 0 Å². The van der Waals surface area contributed by atoms with Crippen molar-refractivity contribution in [2.45, 2.75) is 17.2 Å². The van der Waals surface area contributed by atoms with Crippen molar-refractivity contribution in [1.82, 2.24) is 4.90 Å². The van der Waals surface area contributed by atoms with Crippen LogP contribution < -0.4 is 0 Å². The quantitative estimate of drug-likeness (QED) is 0.603. The molecule has 2 aromatic carbocycles. The van der Waals surface area contributed by atoms with E-state index < -0.39 is 0 Å². The van der Waals surface area contributed by atoms with Gasteiger partial charge < -0.3 is 9.32 Å². The van der Waals surface area contributed by atoms with Crippen molar-refractivity contribution < 1.29 is 9.21 Å². The van der Waals surface area contributed by atoms with Gasteiger partial charge in [-0.2, -0.15) is 0 Å². The summed E-state index contributed by atoms with van der Waals surface area (Å²) in [7, 11) is 1.78. The first kappa shape index (κ1) is 16.4. The van der Waals surface area contributed by atoms with Crippen molar-refractivity contribution in [2.24, 2.45) is 0 Å². The van der Waals surface area contributed by atoms with Gasteiger partial charge in [0, 0.05) is 23.3 Å². The van der Waals surface area contributed by atoms with E-state index in [9.17, 15) is 4.79 Å². The summed E-state index contributed by atoms with van der Waals surface area (Å²) in [5.41, 5.74) is 1.90. The number of nitrogens with zero attached hydrogens (tertiary/aromatic N) is 1. The Morgan fingerprint density at radius 2 is 1.75 bits per heavy atom. The molecule has 0 atom stereocenters. The van der Waals surface area contributed by atoms with Gasteiger partial charge in [-0.1, -0.05) is 30.3 Å². The summed E-state index contributed by atoms with van der Waals surface area (Å²) in [4.78, 5) is 15.3. The topological polar surface area (TPSA) is 33.5 Å². The van der Waals surface area contributed by atoms with Crippen LogP contribution in [0.15, 0.2) is 82.3 Å². The fraction of sp³-hybridized carbons (Fsp3) is 0.150. The molecule has 122 valence electrons. The zero-order valence-electron chi connectivity index (χ0n) is 13.5. The highest BCUT2D eigenvalue weighted by Crippen LogP contribution is 2.22. The van der Waals surface area contributed by atoms with E-state index in [0.717, 1.165) is 11.5 Å². The molecule has 3 rings (SSSR count). The van der Waals surface area contributed by atoms with Crippen molar-refractivity contribution in [2.75, 3.05) is 7.05 Å². The molecule has 24 heavy (non-hydrogen) atoms. The summed E-state index contributed by atoms with van der Waals surface area (Å²) in [6.45, 7) is 0.470. The molecule has 1 aromatic heterocycles. The Kier molecular flexibility index (Phi) is 5.39. The zero-order chi connectivity index (χ0) is 16.8. The van der Waals surface area contributed by atoms with Crippen molar-refractivity contribution in [1.29, 1.82) is 0 Å². The maximum absolute atomic E-state index is 12.4. The van der Waals surface area contributed by atoms with Crippen molar-refractivity contribution >= 4 is 17.7 Å². The minimum Gasteiger partial charge on any atom is -0.467 e. The lowest BCUT2D eigenvalue weighted by Gasteiger charge is -2.16. The lowest BCUT2D eigenvalue weighted by Crippen LogP contribution is -2.25. The van der Waals surface area contributed by atoms with E-state index in [1.54, 1.807) is 30.0 Å². The van der Waals surface area contributed by atoms with Crippen molar-refractivity contribution in [3.63, 3.8) is 0 Å². The molecule has 1 heterocycles. The van der Waals surface area contributed by atoms with Crippen LogP contribution in [0.2, 0.25) is 0 Å². The first-order valence-electron chi connectivity index (χ1n) is 7.77. The normalized spacial score (nSPS) is 10.5. The Morgan fingerprint density at radius 3 is 2.42 bits per heavy atom. The Hall–Kier alpha value is -2.46. The van der Waals surface area contributed by atoms with Gasteiger partial charge in [0.2, 0.25) is 0 Å². The van der Waals surface area contributed by atoms with Crippen LogP contribution in [-0.4, -0.2) is 17.9 Å². The molecule has 3 aromatic rings. The van der Waals surface area contributed by atoms with E-state index in [4.69, 9.17) is 4.42 Å². The van der Waals surface area contributed by atoms with Crippen LogP contribution in [0.4, 0.5) is 0 Å². The fourth-order valence-corrected chi connectivity index (χ4v) is 3.23. The Labute approximate surface area is 146 Å².